The zero-order chi connectivity index (χ0) is 26.2. The standard InChI is InChI=1S/C24H24F2N4O5S/c1-5-35-23-21(34-3)9-8-18(28-23)20(13-36(4,32)33)30-22-19(29(2)24(30)31)10-14(12-27-22)16-11-15(25)6-7-17(16)26/h6-12,20H,5,13H2,1-4H3. The molecule has 1 unspecified atom stereocenters. The Kier molecular flexibility index (Phi) is 6.81. The second-order valence-corrected chi connectivity index (χ2v) is 10.4. The van der Waals surface area contributed by atoms with E-state index in [1.165, 1.54) is 35.6 Å². The second-order valence-electron chi connectivity index (χ2n) is 8.19. The van der Waals surface area contributed by atoms with Crippen LogP contribution in [0.4, 0.5) is 8.78 Å². The fourth-order valence-corrected chi connectivity index (χ4v) is 4.88. The van der Waals surface area contributed by atoms with Gasteiger partial charge in [-0.05, 0) is 43.3 Å². The van der Waals surface area contributed by atoms with Crippen LogP contribution in [0.15, 0.2) is 47.4 Å². The van der Waals surface area contributed by atoms with Gasteiger partial charge in [-0.25, -0.2) is 32.0 Å². The summed E-state index contributed by atoms with van der Waals surface area (Å²) in [5.74, 6) is -1.21. The molecule has 0 radical (unpaired) electrons. The molecule has 190 valence electrons. The Hall–Kier alpha value is -3.80. The number of hydrogen-bond donors (Lipinski definition) is 0. The number of halogens is 2. The fourth-order valence-electron chi connectivity index (χ4n) is 3.98. The van der Waals surface area contributed by atoms with Crippen molar-refractivity contribution < 1.29 is 26.7 Å². The van der Waals surface area contributed by atoms with E-state index in [4.69, 9.17) is 9.47 Å². The topological polar surface area (TPSA) is 105 Å². The maximum atomic E-state index is 14.4. The Balaban J connectivity index is 1.94. The number of sulfone groups is 1. The Morgan fingerprint density at radius 2 is 1.89 bits per heavy atom. The Morgan fingerprint density at radius 1 is 1.14 bits per heavy atom. The largest absolute Gasteiger partial charge is 0.491 e. The predicted molar refractivity (Wildman–Crippen MR) is 130 cm³/mol. The molecule has 0 saturated heterocycles. The molecule has 0 saturated carbocycles. The van der Waals surface area contributed by atoms with Crippen LogP contribution >= 0.6 is 0 Å². The predicted octanol–water partition coefficient (Wildman–Crippen LogP) is 3.12. The van der Waals surface area contributed by atoms with E-state index in [1.807, 2.05) is 0 Å². The minimum absolute atomic E-state index is 0.0181. The molecule has 12 heteroatoms. The second kappa shape index (κ2) is 9.69. The van der Waals surface area contributed by atoms with Gasteiger partial charge in [-0.1, -0.05) is 0 Å². The smallest absolute Gasteiger partial charge is 0.330 e. The van der Waals surface area contributed by atoms with Gasteiger partial charge in [0.05, 0.1) is 36.7 Å². The summed E-state index contributed by atoms with van der Waals surface area (Å²) < 4.78 is 66.2. The van der Waals surface area contributed by atoms with E-state index >= 15 is 0 Å². The molecule has 4 aromatic rings. The summed E-state index contributed by atoms with van der Waals surface area (Å²) >= 11 is 0. The number of aryl methyl sites for hydroxylation is 1. The Bertz CT molecular complexity index is 1620. The summed E-state index contributed by atoms with van der Waals surface area (Å²) in [6.07, 6.45) is 2.36. The van der Waals surface area contributed by atoms with Crippen LogP contribution in [0.2, 0.25) is 0 Å². The molecule has 9 nitrogen and oxygen atoms in total. The third-order valence-corrected chi connectivity index (χ3v) is 6.55. The molecular formula is C24H24F2N4O5S. The minimum Gasteiger partial charge on any atom is -0.491 e. The van der Waals surface area contributed by atoms with E-state index < -0.39 is 39.0 Å². The van der Waals surface area contributed by atoms with Crippen LogP contribution in [-0.2, 0) is 16.9 Å². The normalized spacial score (nSPS) is 12.6. The molecule has 0 amide bonds. The van der Waals surface area contributed by atoms with Crippen molar-refractivity contribution in [1.82, 2.24) is 19.1 Å². The Labute approximate surface area is 205 Å². The number of fused-ring (bicyclic) bond motifs is 1. The van der Waals surface area contributed by atoms with Crippen molar-refractivity contribution in [3.63, 3.8) is 0 Å². The molecule has 0 aliphatic heterocycles. The lowest BCUT2D eigenvalue weighted by Gasteiger charge is -2.19. The van der Waals surface area contributed by atoms with Gasteiger partial charge < -0.3 is 9.47 Å². The highest BCUT2D eigenvalue weighted by atomic mass is 32.2. The number of aromatic nitrogens is 4. The van der Waals surface area contributed by atoms with E-state index in [0.29, 0.717) is 17.9 Å². The molecule has 3 aromatic heterocycles. The van der Waals surface area contributed by atoms with E-state index in [9.17, 15) is 22.0 Å². The lowest BCUT2D eigenvalue weighted by molar-refractivity contribution is 0.296. The van der Waals surface area contributed by atoms with E-state index in [-0.39, 0.29) is 28.3 Å². The summed E-state index contributed by atoms with van der Waals surface area (Å²) in [5, 5.41) is 0. The van der Waals surface area contributed by atoms with E-state index in [1.54, 1.807) is 19.1 Å². The molecule has 0 bridgehead atoms. The molecule has 0 spiro atoms. The highest BCUT2D eigenvalue weighted by Crippen LogP contribution is 2.31. The number of nitrogens with zero attached hydrogens (tertiary/aromatic N) is 4. The molecule has 0 N–H and O–H groups in total. The molecule has 4 rings (SSSR count). The zero-order valence-corrected chi connectivity index (χ0v) is 20.8. The lowest BCUT2D eigenvalue weighted by atomic mass is 10.1. The van der Waals surface area contributed by atoms with Gasteiger partial charge in [0.2, 0.25) is 0 Å². The highest BCUT2D eigenvalue weighted by molar-refractivity contribution is 7.90. The molecule has 3 heterocycles. The van der Waals surface area contributed by atoms with Gasteiger partial charge in [-0.3, -0.25) is 9.13 Å². The van der Waals surface area contributed by atoms with E-state index in [2.05, 4.69) is 9.97 Å². The van der Waals surface area contributed by atoms with E-state index in [0.717, 1.165) is 24.5 Å². The van der Waals surface area contributed by atoms with Gasteiger partial charge in [0.1, 0.15) is 21.5 Å². The maximum absolute atomic E-state index is 14.4. The Morgan fingerprint density at radius 3 is 2.56 bits per heavy atom. The van der Waals surface area contributed by atoms with Crippen molar-refractivity contribution in [3.8, 4) is 22.8 Å². The van der Waals surface area contributed by atoms with Gasteiger partial charge in [0, 0.05) is 30.6 Å². The van der Waals surface area contributed by atoms with Crippen molar-refractivity contribution in [2.24, 2.45) is 7.05 Å². The van der Waals surface area contributed by atoms with Crippen molar-refractivity contribution in [2.75, 3.05) is 25.7 Å². The summed E-state index contributed by atoms with van der Waals surface area (Å²) in [5.41, 5.74) is 0.397. The molecule has 0 aliphatic carbocycles. The van der Waals surface area contributed by atoms with Crippen LogP contribution in [0.5, 0.6) is 11.6 Å². The summed E-state index contributed by atoms with van der Waals surface area (Å²) in [4.78, 5) is 22.2. The number of hydrogen-bond acceptors (Lipinski definition) is 7. The monoisotopic (exact) mass is 518 g/mol. The lowest BCUT2D eigenvalue weighted by Crippen LogP contribution is -2.31. The molecular weight excluding hydrogens is 494 g/mol. The van der Waals surface area contributed by atoms with Gasteiger partial charge in [-0.2, -0.15) is 0 Å². The number of rotatable bonds is 8. The van der Waals surface area contributed by atoms with Gasteiger partial charge in [0.15, 0.2) is 11.4 Å². The number of methoxy groups -OCH3 is 1. The van der Waals surface area contributed by atoms with Crippen molar-refractivity contribution in [3.05, 3.63) is 70.4 Å². The van der Waals surface area contributed by atoms with Crippen molar-refractivity contribution in [2.45, 2.75) is 13.0 Å². The van der Waals surface area contributed by atoms with Gasteiger partial charge in [-0.15, -0.1) is 0 Å². The minimum atomic E-state index is -3.60. The van der Waals surface area contributed by atoms with Crippen LogP contribution in [-0.4, -0.2) is 53.2 Å². The first-order chi connectivity index (χ1) is 17.0. The number of benzene rings is 1. The van der Waals surface area contributed by atoms with Crippen molar-refractivity contribution in [1.29, 1.82) is 0 Å². The third-order valence-electron chi connectivity index (χ3n) is 5.63. The number of imidazole rings is 1. The molecule has 0 fully saturated rings. The van der Waals surface area contributed by atoms with Crippen LogP contribution in [0.3, 0.4) is 0 Å². The first-order valence-electron chi connectivity index (χ1n) is 10.9. The molecule has 0 aliphatic rings. The maximum Gasteiger partial charge on any atom is 0.330 e. The zero-order valence-electron chi connectivity index (χ0n) is 20.0. The fraction of sp³-hybridized carbons (Fsp3) is 0.292. The first-order valence-corrected chi connectivity index (χ1v) is 13.0. The summed E-state index contributed by atoms with van der Waals surface area (Å²) in [6, 6.07) is 6.64. The third kappa shape index (κ3) is 4.81. The quantitative estimate of drug-likeness (QED) is 0.353. The number of ether oxygens (including phenoxy) is 2. The van der Waals surface area contributed by atoms with Crippen LogP contribution in [0.25, 0.3) is 22.3 Å². The van der Waals surface area contributed by atoms with Gasteiger partial charge in [0.25, 0.3) is 5.88 Å². The van der Waals surface area contributed by atoms with Crippen molar-refractivity contribution >= 4 is 21.0 Å². The molecule has 1 atom stereocenters. The van der Waals surface area contributed by atoms with Crippen LogP contribution < -0.4 is 15.2 Å². The first kappa shape index (κ1) is 25.3. The SMILES string of the molecule is CCOc1nc(C(CS(C)(=O)=O)n2c(=O)n(C)c3cc(-c4cc(F)ccc4F)cnc32)ccc1OC. The van der Waals surface area contributed by atoms with Crippen LogP contribution in [0, 0.1) is 11.6 Å². The van der Waals surface area contributed by atoms with Gasteiger partial charge >= 0.3 is 5.69 Å². The summed E-state index contributed by atoms with van der Waals surface area (Å²) in [7, 11) is -0.663. The van der Waals surface area contributed by atoms with Crippen LogP contribution in [0.1, 0.15) is 18.7 Å². The average molecular weight is 519 g/mol. The molecule has 36 heavy (non-hydrogen) atoms. The molecule has 1 aromatic carbocycles. The highest BCUT2D eigenvalue weighted by Gasteiger charge is 2.28. The average Bonchev–Trinajstić information content (AvgIpc) is 3.08. The number of pyridine rings is 2. The summed E-state index contributed by atoms with van der Waals surface area (Å²) in [6.45, 7) is 2.05.